The molecular formula is C32H29BrN2O5. The minimum atomic E-state index is -0.521. The lowest BCUT2D eigenvalue weighted by atomic mass is 10.2. The largest absolute Gasteiger partial charge is 0.494 e. The summed E-state index contributed by atoms with van der Waals surface area (Å²) in [4.78, 5) is 25.3. The van der Waals surface area contributed by atoms with E-state index in [0.717, 1.165) is 16.5 Å². The molecule has 8 heteroatoms. The average molecular weight is 601 g/mol. The Hall–Kier alpha value is -4.43. The quantitative estimate of drug-likeness (QED) is 0.0858. The van der Waals surface area contributed by atoms with Crippen molar-refractivity contribution < 1.29 is 23.8 Å². The molecular weight excluding hydrogens is 572 g/mol. The van der Waals surface area contributed by atoms with E-state index >= 15 is 0 Å². The fraction of sp³-hybridized carbons (Fsp3) is 0.156. The standard InChI is InChI=1S/C32H29BrN2O5/c1-3-18-38-28-15-10-25(11-16-28)32(37)40-30-17-12-27(33)19-26(30)20-34-35-31(36)24-8-13-29(14-9-24)39-21-23-6-4-22(2)5-7-23/h4-17,19-20H,3,18,21H2,1-2H3,(H,35,36)/b34-20+. The number of nitrogens with one attached hydrogen (secondary N) is 1. The number of aryl methyl sites for hydroxylation is 1. The SMILES string of the molecule is CCCOc1ccc(C(=O)Oc2ccc(Br)cc2/C=N/NC(=O)c2ccc(OCc3ccc(C)cc3)cc2)cc1. The third-order valence-electron chi connectivity index (χ3n) is 5.75. The van der Waals surface area contributed by atoms with Crippen molar-refractivity contribution in [1.29, 1.82) is 0 Å². The van der Waals surface area contributed by atoms with Crippen molar-refractivity contribution in [2.24, 2.45) is 5.10 Å². The van der Waals surface area contributed by atoms with E-state index in [1.807, 2.05) is 38.1 Å². The summed E-state index contributed by atoms with van der Waals surface area (Å²) in [5.41, 5.74) is 6.07. The van der Waals surface area contributed by atoms with Gasteiger partial charge in [0.25, 0.3) is 5.91 Å². The molecule has 0 bridgehead atoms. The number of carbonyl (C=O) groups excluding carboxylic acids is 2. The number of nitrogens with zero attached hydrogens (tertiary/aromatic N) is 1. The topological polar surface area (TPSA) is 86.2 Å². The highest BCUT2D eigenvalue weighted by Crippen LogP contribution is 2.23. The summed E-state index contributed by atoms with van der Waals surface area (Å²) in [7, 11) is 0. The maximum Gasteiger partial charge on any atom is 0.343 e. The molecule has 0 radical (unpaired) electrons. The van der Waals surface area contributed by atoms with Gasteiger partial charge in [-0.15, -0.1) is 0 Å². The molecule has 0 saturated heterocycles. The van der Waals surface area contributed by atoms with E-state index in [2.05, 4.69) is 26.5 Å². The van der Waals surface area contributed by atoms with Crippen LogP contribution in [0, 0.1) is 6.92 Å². The highest BCUT2D eigenvalue weighted by Gasteiger charge is 2.12. The van der Waals surface area contributed by atoms with Gasteiger partial charge in [0, 0.05) is 15.6 Å². The van der Waals surface area contributed by atoms with Crippen molar-refractivity contribution in [2.75, 3.05) is 6.61 Å². The van der Waals surface area contributed by atoms with Crippen LogP contribution in [0.2, 0.25) is 0 Å². The summed E-state index contributed by atoms with van der Waals surface area (Å²) in [6, 6.07) is 26.8. The molecule has 40 heavy (non-hydrogen) atoms. The first-order valence-corrected chi connectivity index (χ1v) is 13.6. The van der Waals surface area contributed by atoms with Crippen LogP contribution in [0.15, 0.2) is 101 Å². The van der Waals surface area contributed by atoms with Crippen LogP contribution in [0.25, 0.3) is 0 Å². The van der Waals surface area contributed by atoms with Gasteiger partial charge in [-0.2, -0.15) is 5.10 Å². The molecule has 4 aromatic carbocycles. The Balaban J connectivity index is 1.34. The molecule has 204 valence electrons. The first kappa shape index (κ1) is 28.6. The van der Waals surface area contributed by atoms with Crippen molar-refractivity contribution in [3.8, 4) is 17.2 Å². The smallest absolute Gasteiger partial charge is 0.343 e. The molecule has 1 N–H and O–H groups in total. The molecule has 0 saturated carbocycles. The zero-order chi connectivity index (χ0) is 28.3. The van der Waals surface area contributed by atoms with E-state index < -0.39 is 5.97 Å². The Morgan fingerprint density at radius 1 is 0.850 bits per heavy atom. The van der Waals surface area contributed by atoms with Gasteiger partial charge < -0.3 is 14.2 Å². The molecule has 0 heterocycles. The van der Waals surface area contributed by atoms with Crippen LogP contribution >= 0.6 is 15.9 Å². The molecule has 0 spiro atoms. The van der Waals surface area contributed by atoms with E-state index in [-0.39, 0.29) is 5.91 Å². The van der Waals surface area contributed by atoms with Gasteiger partial charge in [0.1, 0.15) is 23.9 Å². The van der Waals surface area contributed by atoms with Crippen molar-refractivity contribution in [3.05, 3.63) is 123 Å². The summed E-state index contributed by atoms with van der Waals surface area (Å²) < 4.78 is 17.7. The average Bonchev–Trinajstić information content (AvgIpc) is 2.97. The lowest BCUT2D eigenvalue weighted by Crippen LogP contribution is -2.17. The Morgan fingerprint density at radius 2 is 1.50 bits per heavy atom. The fourth-order valence-corrected chi connectivity index (χ4v) is 3.94. The number of rotatable bonds is 11. The van der Waals surface area contributed by atoms with Crippen LogP contribution < -0.4 is 19.6 Å². The molecule has 0 atom stereocenters. The lowest BCUT2D eigenvalue weighted by molar-refractivity contribution is 0.0734. The van der Waals surface area contributed by atoms with Crippen LogP contribution in [0.5, 0.6) is 17.2 Å². The van der Waals surface area contributed by atoms with Gasteiger partial charge in [-0.3, -0.25) is 4.79 Å². The number of hydrogen-bond acceptors (Lipinski definition) is 6. The van der Waals surface area contributed by atoms with E-state index in [4.69, 9.17) is 14.2 Å². The van der Waals surface area contributed by atoms with Gasteiger partial charge in [0.05, 0.1) is 18.4 Å². The number of ether oxygens (including phenoxy) is 3. The highest BCUT2D eigenvalue weighted by molar-refractivity contribution is 9.10. The molecule has 0 aliphatic heterocycles. The van der Waals surface area contributed by atoms with Gasteiger partial charge >= 0.3 is 5.97 Å². The first-order valence-electron chi connectivity index (χ1n) is 12.8. The molecule has 0 fully saturated rings. The summed E-state index contributed by atoms with van der Waals surface area (Å²) in [6.07, 6.45) is 2.32. The monoisotopic (exact) mass is 600 g/mol. The van der Waals surface area contributed by atoms with Gasteiger partial charge in [-0.05, 0) is 85.6 Å². The van der Waals surface area contributed by atoms with Crippen LogP contribution in [0.1, 0.15) is 50.8 Å². The Kier molecular flexibility index (Phi) is 10.1. The Bertz CT molecular complexity index is 1470. The molecule has 0 unspecified atom stereocenters. The van der Waals surface area contributed by atoms with E-state index in [1.165, 1.54) is 11.8 Å². The third-order valence-corrected chi connectivity index (χ3v) is 6.24. The van der Waals surface area contributed by atoms with Crippen LogP contribution in [0.3, 0.4) is 0 Å². The molecule has 0 aliphatic rings. The van der Waals surface area contributed by atoms with Crippen molar-refractivity contribution in [1.82, 2.24) is 5.43 Å². The van der Waals surface area contributed by atoms with E-state index in [1.54, 1.807) is 66.7 Å². The minimum absolute atomic E-state index is 0.299. The number of carbonyl (C=O) groups is 2. The normalized spacial score (nSPS) is 10.8. The molecule has 7 nitrogen and oxygen atoms in total. The number of benzene rings is 4. The number of halogens is 1. The lowest BCUT2D eigenvalue weighted by Gasteiger charge is -2.09. The molecule has 1 amide bonds. The zero-order valence-electron chi connectivity index (χ0n) is 22.2. The third kappa shape index (κ3) is 8.28. The predicted molar refractivity (Wildman–Crippen MR) is 158 cm³/mol. The first-order chi connectivity index (χ1) is 19.4. The minimum Gasteiger partial charge on any atom is -0.494 e. The van der Waals surface area contributed by atoms with Crippen LogP contribution in [-0.2, 0) is 6.61 Å². The van der Waals surface area contributed by atoms with Gasteiger partial charge in [0.2, 0.25) is 0 Å². The number of amides is 1. The van der Waals surface area contributed by atoms with E-state index in [0.29, 0.717) is 47.2 Å². The molecule has 4 rings (SSSR count). The number of hydrogen-bond donors (Lipinski definition) is 1. The van der Waals surface area contributed by atoms with Crippen LogP contribution in [0.4, 0.5) is 0 Å². The van der Waals surface area contributed by atoms with Gasteiger partial charge in [-0.1, -0.05) is 52.7 Å². The zero-order valence-corrected chi connectivity index (χ0v) is 23.8. The second-order valence-electron chi connectivity index (χ2n) is 8.94. The second-order valence-corrected chi connectivity index (χ2v) is 9.86. The predicted octanol–water partition coefficient (Wildman–Crippen LogP) is 7.11. The highest BCUT2D eigenvalue weighted by atomic mass is 79.9. The van der Waals surface area contributed by atoms with Gasteiger partial charge in [-0.25, -0.2) is 10.2 Å². The van der Waals surface area contributed by atoms with Crippen molar-refractivity contribution >= 4 is 34.0 Å². The van der Waals surface area contributed by atoms with Crippen molar-refractivity contribution in [2.45, 2.75) is 26.9 Å². The van der Waals surface area contributed by atoms with Crippen LogP contribution in [-0.4, -0.2) is 24.7 Å². The second kappa shape index (κ2) is 14.1. The van der Waals surface area contributed by atoms with Gasteiger partial charge in [0.15, 0.2) is 0 Å². The molecule has 0 aromatic heterocycles. The summed E-state index contributed by atoms with van der Waals surface area (Å²) >= 11 is 3.42. The molecule has 4 aromatic rings. The molecule has 0 aliphatic carbocycles. The maximum atomic E-state index is 12.7. The number of hydrazone groups is 1. The Labute approximate surface area is 241 Å². The maximum absolute atomic E-state index is 12.7. The number of esters is 1. The fourth-order valence-electron chi connectivity index (χ4n) is 3.56. The Morgan fingerprint density at radius 3 is 2.17 bits per heavy atom. The summed E-state index contributed by atoms with van der Waals surface area (Å²) in [6.45, 7) is 5.11. The van der Waals surface area contributed by atoms with E-state index in [9.17, 15) is 9.59 Å². The summed E-state index contributed by atoms with van der Waals surface area (Å²) in [5.74, 6) is 0.736. The van der Waals surface area contributed by atoms with Crippen molar-refractivity contribution in [3.63, 3.8) is 0 Å². The summed E-state index contributed by atoms with van der Waals surface area (Å²) in [5, 5.41) is 4.06.